The highest BCUT2D eigenvalue weighted by Gasteiger charge is 2.40. The highest BCUT2D eigenvalue weighted by molar-refractivity contribution is 14.0. The molecule has 8 heteroatoms. The zero-order valence-corrected chi connectivity index (χ0v) is 18.4. The number of aliphatic imine (C=N–C) groups is 1. The van der Waals surface area contributed by atoms with Crippen LogP contribution in [-0.4, -0.2) is 39.4 Å². The molecule has 0 aromatic carbocycles. The minimum atomic E-state index is 0. The zero-order chi connectivity index (χ0) is 18.1. The van der Waals surface area contributed by atoms with Crippen LogP contribution in [0.15, 0.2) is 34.1 Å². The highest BCUT2D eigenvalue weighted by Crippen LogP contribution is 2.44. The largest absolute Gasteiger partial charge is 0.469 e. The van der Waals surface area contributed by atoms with Crippen LogP contribution in [0.25, 0.3) is 0 Å². The van der Waals surface area contributed by atoms with Crippen molar-refractivity contribution in [3.05, 3.63) is 36.3 Å². The number of rotatable bonds is 5. The minimum Gasteiger partial charge on any atom is -0.469 e. The highest BCUT2D eigenvalue weighted by atomic mass is 127. The van der Waals surface area contributed by atoms with Gasteiger partial charge in [0.05, 0.1) is 12.8 Å². The second kappa shape index (κ2) is 8.84. The maximum Gasteiger partial charge on any atom is 0.191 e. The van der Waals surface area contributed by atoms with Gasteiger partial charge in [0.25, 0.3) is 0 Å². The molecule has 2 bridgehead atoms. The van der Waals surface area contributed by atoms with Crippen molar-refractivity contribution >= 4 is 29.9 Å². The number of aryl methyl sites for hydroxylation is 1. The Hall–Kier alpha value is -1.58. The van der Waals surface area contributed by atoms with Crippen molar-refractivity contribution in [3.63, 3.8) is 0 Å². The van der Waals surface area contributed by atoms with Crippen molar-refractivity contribution < 1.29 is 4.42 Å². The van der Waals surface area contributed by atoms with Gasteiger partial charge < -0.3 is 15.1 Å². The van der Waals surface area contributed by atoms with Crippen LogP contribution < -0.4 is 10.6 Å². The number of hydrogen-bond acceptors (Lipinski definition) is 4. The van der Waals surface area contributed by atoms with Crippen LogP contribution in [0.1, 0.15) is 43.7 Å². The second-order valence-corrected chi connectivity index (χ2v) is 8.22. The average Bonchev–Trinajstić information content (AvgIpc) is 3.46. The molecule has 0 spiro atoms. The standard InChI is InChI=1S/C20H28N6O.HI/c1-2-17(27-9-1)7-8-21-20(25-18-11-14-3-4-15(18)10-14)24-16-5-6-19-22-13-23-26(19)12-16;/h1-2,9,13-16,18H,3-8,10-12H2,(H2,21,24,25);1H. The number of fused-ring (bicyclic) bond motifs is 3. The SMILES string of the molecule is I.c1coc(CCN=C(NC2CCc3ncnn3C2)NC2CC3CCC2C3)c1. The Morgan fingerprint density at radius 3 is 3.00 bits per heavy atom. The van der Waals surface area contributed by atoms with E-state index < -0.39 is 0 Å². The van der Waals surface area contributed by atoms with Crippen molar-refractivity contribution in [2.75, 3.05) is 6.54 Å². The molecule has 1 aliphatic heterocycles. The molecule has 2 saturated carbocycles. The fourth-order valence-electron chi connectivity index (χ4n) is 5.01. The van der Waals surface area contributed by atoms with Crippen LogP contribution in [0, 0.1) is 11.8 Å². The maximum atomic E-state index is 5.44. The van der Waals surface area contributed by atoms with Gasteiger partial charge in [-0.3, -0.25) is 4.99 Å². The summed E-state index contributed by atoms with van der Waals surface area (Å²) in [5, 5.41) is 11.8. The molecule has 152 valence electrons. The Balaban J connectivity index is 0.00000192. The molecule has 2 fully saturated rings. The Kier molecular flexibility index (Phi) is 6.22. The molecule has 5 rings (SSSR count). The predicted molar refractivity (Wildman–Crippen MR) is 118 cm³/mol. The van der Waals surface area contributed by atoms with E-state index in [-0.39, 0.29) is 24.0 Å². The molecule has 2 aromatic rings. The number of guanidine groups is 1. The summed E-state index contributed by atoms with van der Waals surface area (Å²) in [5.74, 6) is 4.77. The lowest BCUT2D eigenvalue weighted by atomic mass is 9.95. The summed E-state index contributed by atoms with van der Waals surface area (Å²) >= 11 is 0. The normalized spacial score (nSPS) is 28.6. The predicted octanol–water partition coefficient (Wildman–Crippen LogP) is 2.77. The molecule has 7 nitrogen and oxygen atoms in total. The quantitative estimate of drug-likeness (QED) is 0.378. The monoisotopic (exact) mass is 496 g/mol. The van der Waals surface area contributed by atoms with Crippen LogP contribution >= 0.6 is 24.0 Å². The molecule has 4 unspecified atom stereocenters. The molecule has 3 heterocycles. The van der Waals surface area contributed by atoms with E-state index in [0.29, 0.717) is 12.1 Å². The van der Waals surface area contributed by atoms with E-state index in [2.05, 4.69) is 20.7 Å². The van der Waals surface area contributed by atoms with E-state index in [1.54, 1.807) is 12.6 Å². The molecule has 2 N–H and O–H groups in total. The van der Waals surface area contributed by atoms with Gasteiger partial charge in [0, 0.05) is 31.5 Å². The van der Waals surface area contributed by atoms with Crippen LogP contribution in [0.2, 0.25) is 0 Å². The van der Waals surface area contributed by atoms with Crippen LogP contribution in [0.3, 0.4) is 0 Å². The first kappa shape index (κ1) is 19.7. The van der Waals surface area contributed by atoms with Gasteiger partial charge >= 0.3 is 0 Å². The van der Waals surface area contributed by atoms with Crippen molar-refractivity contribution in [2.45, 2.75) is 63.6 Å². The summed E-state index contributed by atoms with van der Waals surface area (Å²) in [5.41, 5.74) is 0. The van der Waals surface area contributed by atoms with Gasteiger partial charge in [-0.2, -0.15) is 5.10 Å². The summed E-state index contributed by atoms with van der Waals surface area (Å²) in [6.45, 7) is 1.58. The molecule has 3 aliphatic rings. The maximum absolute atomic E-state index is 5.44. The smallest absolute Gasteiger partial charge is 0.191 e. The Labute approximate surface area is 182 Å². The first-order chi connectivity index (χ1) is 13.3. The third kappa shape index (κ3) is 4.36. The number of nitrogens with one attached hydrogen (secondary N) is 2. The van der Waals surface area contributed by atoms with E-state index >= 15 is 0 Å². The van der Waals surface area contributed by atoms with Gasteiger partial charge in [-0.15, -0.1) is 24.0 Å². The second-order valence-electron chi connectivity index (χ2n) is 8.22. The Morgan fingerprint density at radius 2 is 2.21 bits per heavy atom. The third-order valence-electron chi connectivity index (χ3n) is 6.41. The average molecular weight is 496 g/mol. The lowest BCUT2D eigenvalue weighted by molar-refractivity contribution is 0.369. The lowest BCUT2D eigenvalue weighted by Crippen LogP contribution is -2.51. The molecule has 2 aliphatic carbocycles. The van der Waals surface area contributed by atoms with Gasteiger partial charge in [-0.1, -0.05) is 6.42 Å². The zero-order valence-electron chi connectivity index (χ0n) is 16.1. The van der Waals surface area contributed by atoms with Crippen molar-refractivity contribution in [3.8, 4) is 0 Å². The fourth-order valence-corrected chi connectivity index (χ4v) is 5.01. The molecule has 2 aromatic heterocycles. The van der Waals surface area contributed by atoms with E-state index in [1.807, 2.05) is 16.8 Å². The molecular weight excluding hydrogens is 467 g/mol. The molecule has 28 heavy (non-hydrogen) atoms. The fraction of sp³-hybridized carbons (Fsp3) is 0.650. The van der Waals surface area contributed by atoms with Crippen molar-refractivity contribution in [2.24, 2.45) is 16.8 Å². The van der Waals surface area contributed by atoms with E-state index in [1.165, 1.54) is 25.7 Å². The van der Waals surface area contributed by atoms with Gasteiger partial charge in [0.1, 0.15) is 17.9 Å². The van der Waals surface area contributed by atoms with Gasteiger partial charge in [0.15, 0.2) is 5.96 Å². The third-order valence-corrected chi connectivity index (χ3v) is 6.41. The van der Waals surface area contributed by atoms with Crippen LogP contribution in [-0.2, 0) is 19.4 Å². The minimum absolute atomic E-state index is 0. The molecular formula is C20H29IN6O. The Morgan fingerprint density at radius 1 is 1.25 bits per heavy atom. The summed E-state index contributed by atoms with van der Waals surface area (Å²) < 4.78 is 7.45. The van der Waals surface area contributed by atoms with E-state index in [4.69, 9.17) is 9.41 Å². The van der Waals surface area contributed by atoms with Gasteiger partial charge in [-0.05, 0) is 49.7 Å². The number of hydrogen-bond donors (Lipinski definition) is 2. The number of furan rings is 1. The van der Waals surface area contributed by atoms with Gasteiger partial charge in [0.2, 0.25) is 0 Å². The molecule has 0 amide bonds. The van der Waals surface area contributed by atoms with Crippen molar-refractivity contribution in [1.29, 1.82) is 0 Å². The van der Waals surface area contributed by atoms with Crippen LogP contribution in [0.4, 0.5) is 0 Å². The lowest BCUT2D eigenvalue weighted by Gasteiger charge is -2.29. The first-order valence-corrected chi connectivity index (χ1v) is 10.3. The summed E-state index contributed by atoms with van der Waals surface area (Å²) in [4.78, 5) is 9.20. The summed E-state index contributed by atoms with van der Waals surface area (Å²) in [6.07, 6.45) is 11.7. The number of aromatic nitrogens is 3. The summed E-state index contributed by atoms with van der Waals surface area (Å²) in [7, 11) is 0. The topological polar surface area (TPSA) is 80.3 Å². The van der Waals surface area contributed by atoms with E-state index in [9.17, 15) is 0 Å². The van der Waals surface area contributed by atoms with Gasteiger partial charge in [-0.25, -0.2) is 9.67 Å². The number of nitrogens with zero attached hydrogens (tertiary/aromatic N) is 4. The van der Waals surface area contributed by atoms with Crippen LogP contribution in [0.5, 0.6) is 0 Å². The molecule has 0 radical (unpaired) electrons. The first-order valence-electron chi connectivity index (χ1n) is 10.3. The summed E-state index contributed by atoms with van der Waals surface area (Å²) in [6, 6.07) is 4.86. The number of halogens is 1. The Bertz CT molecular complexity index is 788. The van der Waals surface area contributed by atoms with E-state index in [0.717, 1.165) is 61.7 Å². The van der Waals surface area contributed by atoms with Crippen molar-refractivity contribution in [1.82, 2.24) is 25.4 Å². The molecule has 4 atom stereocenters. The molecule has 0 saturated heterocycles.